The number of amides is 1. The lowest BCUT2D eigenvalue weighted by atomic mass is 10.8. The normalized spacial score (nSPS) is 21.0. The first-order chi connectivity index (χ1) is 5.79. The molecule has 68 valence electrons. The van der Waals surface area contributed by atoms with Crippen molar-refractivity contribution < 1.29 is 4.79 Å². The summed E-state index contributed by atoms with van der Waals surface area (Å²) in [6.45, 7) is 1.91. The first-order valence-corrected chi connectivity index (χ1v) is 5.98. The summed E-state index contributed by atoms with van der Waals surface area (Å²) < 4.78 is 0.954. The molecular formula is C6H10N2OS3. The zero-order valence-electron chi connectivity index (χ0n) is 6.46. The zero-order valence-corrected chi connectivity index (χ0v) is 8.91. The summed E-state index contributed by atoms with van der Waals surface area (Å²) in [5.41, 5.74) is 0. The molecule has 1 amide bonds. The topological polar surface area (TPSA) is 41.1 Å². The Labute approximate surface area is 85.4 Å². The molecule has 2 rings (SSSR count). The van der Waals surface area contributed by atoms with E-state index >= 15 is 0 Å². The fourth-order valence-electron chi connectivity index (χ4n) is 0.696. The Balaban J connectivity index is 0.000000120. The molecule has 6 heteroatoms. The molecule has 12 heavy (non-hydrogen) atoms. The van der Waals surface area contributed by atoms with Crippen LogP contribution in [0.3, 0.4) is 0 Å². The van der Waals surface area contributed by atoms with Crippen molar-refractivity contribution in [3.8, 4) is 0 Å². The van der Waals surface area contributed by atoms with E-state index in [0.29, 0.717) is 0 Å². The fourth-order valence-corrected chi connectivity index (χ4v) is 2.24. The van der Waals surface area contributed by atoms with Crippen molar-refractivity contribution >= 4 is 45.3 Å². The highest BCUT2D eigenvalue weighted by molar-refractivity contribution is 8.23. The van der Waals surface area contributed by atoms with E-state index in [0.717, 1.165) is 28.9 Å². The number of hydrogen-bond acceptors (Lipinski definition) is 4. The van der Waals surface area contributed by atoms with Gasteiger partial charge in [-0.25, -0.2) is 0 Å². The second-order valence-corrected chi connectivity index (χ2v) is 4.96. The number of rotatable bonds is 0. The Morgan fingerprint density at radius 3 is 2.00 bits per heavy atom. The van der Waals surface area contributed by atoms with Gasteiger partial charge in [0.15, 0.2) is 0 Å². The van der Waals surface area contributed by atoms with Gasteiger partial charge in [0.1, 0.15) is 4.32 Å². The quantitative estimate of drug-likeness (QED) is 0.600. The second-order valence-electron chi connectivity index (χ2n) is 2.13. The molecule has 0 spiro atoms. The molecule has 2 aliphatic heterocycles. The Bertz CT molecular complexity index is 150. The summed E-state index contributed by atoms with van der Waals surface area (Å²) in [6.07, 6.45) is 0. The molecule has 0 atom stereocenters. The summed E-state index contributed by atoms with van der Waals surface area (Å²) in [5, 5.41) is 5.78. The third-order valence-corrected chi connectivity index (χ3v) is 3.34. The Morgan fingerprint density at radius 1 is 1.17 bits per heavy atom. The van der Waals surface area contributed by atoms with Crippen molar-refractivity contribution in [1.82, 2.24) is 10.6 Å². The van der Waals surface area contributed by atoms with Crippen molar-refractivity contribution in [3.63, 3.8) is 0 Å². The van der Waals surface area contributed by atoms with E-state index < -0.39 is 0 Å². The van der Waals surface area contributed by atoms with Crippen LogP contribution in [0.4, 0.5) is 4.79 Å². The van der Waals surface area contributed by atoms with Gasteiger partial charge in [-0.1, -0.05) is 35.7 Å². The van der Waals surface area contributed by atoms with E-state index in [1.54, 1.807) is 11.8 Å². The standard InChI is InChI=1S/C3H5NOS.C3H5NS2/c2*5-3-4-1-2-6-3/h2*1-2H2,(H,4,5). The van der Waals surface area contributed by atoms with Crippen molar-refractivity contribution in [2.45, 2.75) is 0 Å². The molecule has 0 aromatic heterocycles. The lowest BCUT2D eigenvalue weighted by Gasteiger charge is -1.82. The van der Waals surface area contributed by atoms with Gasteiger partial charge in [-0.15, -0.1) is 0 Å². The summed E-state index contributed by atoms with van der Waals surface area (Å²) in [7, 11) is 0. The summed E-state index contributed by atoms with van der Waals surface area (Å²) in [6, 6.07) is 0. The Kier molecular flexibility index (Phi) is 4.79. The smallest absolute Gasteiger partial charge is 0.279 e. The molecule has 0 radical (unpaired) electrons. The van der Waals surface area contributed by atoms with E-state index in [9.17, 15) is 4.79 Å². The molecule has 2 fully saturated rings. The third kappa shape index (κ3) is 4.18. The molecule has 0 bridgehead atoms. The van der Waals surface area contributed by atoms with Crippen molar-refractivity contribution in [2.75, 3.05) is 24.6 Å². The van der Waals surface area contributed by atoms with Gasteiger partial charge in [-0.2, -0.15) is 0 Å². The maximum Gasteiger partial charge on any atom is 0.279 e. The van der Waals surface area contributed by atoms with Gasteiger partial charge < -0.3 is 10.6 Å². The van der Waals surface area contributed by atoms with Gasteiger partial charge >= 0.3 is 0 Å². The van der Waals surface area contributed by atoms with Gasteiger partial charge in [0.2, 0.25) is 0 Å². The van der Waals surface area contributed by atoms with Crippen LogP contribution in [-0.4, -0.2) is 34.2 Å². The summed E-state index contributed by atoms with van der Waals surface area (Å²) in [5.74, 6) is 2.09. The van der Waals surface area contributed by atoms with Crippen LogP contribution in [0.5, 0.6) is 0 Å². The second kappa shape index (κ2) is 5.66. The Morgan fingerprint density at radius 2 is 1.83 bits per heavy atom. The third-order valence-electron chi connectivity index (χ3n) is 1.21. The van der Waals surface area contributed by atoms with Crippen LogP contribution in [0.1, 0.15) is 0 Å². The maximum absolute atomic E-state index is 10.1. The van der Waals surface area contributed by atoms with Crippen LogP contribution >= 0.6 is 35.7 Å². The van der Waals surface area contributed by atoms with Gasteiger partial charge in [0.05, 0.1) is 0 Å². The molecular weight excluding hydrogens is 212 g/mol. The van der Waals surface area contributed by atoms with Crippen molar-refractivity contribution in [2.24, 2.45) is 0 Å². The Hall–Kier alpha value is 0.0600. The van der Waals surface area contributed by atoms with Crippen molar-refractivity contribution in [3.05, 3.63) is 0 Å². The summed E-state index contributed by atoms with van der Waals surface area (Å²) in [4.78, 5) is 10.1. The van der Waals surface area contributed by atoms with Crippen LogP contribution in [0, 0.1) is 0 Å². The van der Waals surface area contributed by atoms with E-state index in [1.807, 2.05) is 0 Å². The van der Waals surface area contributed by atoms with Gasteiger partial charge in [0.25, 0.3) is 5.24 Å². The van der Waals surface area contributed by atoms with Crippen LogP contribution in [0.25, 0.3) is 0 Å². The average molecular weight is 222 g/mol. The predicted molar refractivity (Wildman–Crippen MR) is 58.9 cm³/mol. The fraction of sp³-hybridized carbons (Fsp3) is 0.667. The van der Waals surface area contributed by atoms with E-state index in [1.165, 1.54) is 11.8 Å². The SMILES string of the molecule is O=C1NCCS1.S=C1NCCS1. The van der Waals surface area contributed by atoms with Crippen LogP contribution in [0.15, 0.2) is 0 Å². The first-order valence-electron chi connectivity index (χ1n) is 3.60. The highest BCUT2D eigenvalue weighted by atomic mass is 32.2. The number of thiocarbonyl (C=S) groups is 1. The molecule has 2 saturated heterocycles. The monoisotopic (exact) mass is 222 g/mol. The number of thioether (sulfide) groups is 2. The molecule has 0 aliphatic carbocycles. The predicted octanol–water partition coefficient (Wildman–Crippen LogP) is 1.05. The minimum absolute atomic E-state index is 0.120. The summed E-state index contributed by atoms with van der Waals surface area (Å²) >= 11 is 7.84. The molecule has 2 aliphatic rings. The number of carbonyl (C=O) groups excluding carboxylic acids is 1. The minimum Gasteiger partial charge on any atom is -0.370 e. The number of hydrogen-bond donors (Lipinski definition) is 2. The molecule has 2 heterocycles. The first kappa shape index (κ1) is 10.1. The molecule has 0 unspecified atom stereocenters. The lowest BCUT2D eigenvalue weighted by Crippen LogP contribution is -2.10. The van der Waals surface area contributed by atoms with Crippen LogP contribution in [-0.2, 0) is 0 Å². The van der Waals surface area contributed by atoms with Crippen LogP contribution < -0.4 is 10.6 Å². The van der Waals surface area contributed by atoms with E-state index in [-0.39, 0.29) is 5.24 Å². The van der Waals surface area contributed by atoms with Crippen molar-refractivity contribution in [1.29, 1.82) is 0 Å². The van der Waals surface area contributed by atoms with E-state index in [2.05, 4.69) is 10.6 Å². The van der Waals surface area contributed by atoms with E-state index in [4.69, 9.17) is 12.2 Å². The molecule has 3 nitrogen and oxygen atoms in total. The van der Waals surface area contributed by atoms with Gasteiger partial charge in [0, 0.05) is 24.6 Å². The average Bonchev–Trinajstić information content (AvgIpc) is 2.63. The minimum atomic E-state index is 0.120. The number of carbonyl (C=O) groups is 1. The molecule has 0 aromatic carbocycles. The largest absolute Gasteiger partial charge is 0.370 e. The van der Waals surface area contributed by atoms with Gasteiger partial charge in [-0.3, -0.25) is 4.79 Å². The highest BCUT2D eigenvalue weighted by Crippen LogP contribution is 2.05. The zero-order chi connectivity index (χ0) is 8.81. The van der Waals surface area contributed by atoms with Crippen LogP contribution in [0.2, 0.25) is 0 Å². The lowest BCUT2D eigenvalue weighted by molar-refractivity contribution is 0.262. The molecule has 2 N–H and O–H groups in total. The van der Waals surface area contributed by atoms with Gasteiger partial charge in [-0.05, 0) is 0 Å². The highest BCUT2D eigenvalue weighted by Gasteiger charge is 2.06. The molecule has 0 saturated carbocycles. The maximum atomic E-state index is 10.1. The number of nitrogens with one attached hydrogen (secondary N) is 2. The molecule has 0 aromatic rings.